The number of hydrogen-bond acceptors (Lipinski definition) is 5. The number of alkyl halides is 3. The van der Waals surface area contributed by atoms with Crippen LogP contribution in [0.2, 0.25) is 0 Å². The first-order valence-corrected chi connectivity index (χ1v) is 9.80. The fourth-order valence-electron chi connectivity index (χ4n) is 3.51. The first-order valence-electron chi connectivity index (χ1n) is 9.80. The van der Waals surface area contributed by atoms with E-state index in [1.54, 1.807) is 12.1 Å². The molecule has 1 aromatic heterocycles. The summed E-state index contributed by atoms with van der Waals surface area (Å²) in [5.74, 6) is -1.55. The third kappa shape index (κ3) is 4.13. The number of ether oxygens (including phenoxy) is 1. The molecule has 4 rings (SSSR count). The van der Waals surface area contributed by atoms with Crippen molar-refractivity contribution in [3.05, 3.63) is 78.0 Å². The molecular formula is C24H17F3N2O5. The second-order valence-corrected chi connectivity index (χ2v) is 7.25. The van der Waals surface area contributed by atoms with Crippen molar-refractivity contribution in [2.75, 3.05) is 7.11 Å². The summed E-state index contributed by atoms with van der Waals surface area (Å²) in [6.45, 7) is 0. The largest absolute Gasteiger partial charge is 0.507 e. The van der Waals surface area contributed by atoms with Crippen LogP contribution in [0.4, 0.5) is 13.2 Å². The van der Waals surface area contributed by atoms with Gasteiger partial charge in [-0.3, -0.25) is 4.57 Å². The Balaban J connectivity index is 2.00. The number of benzene rings is 3. The fraction of sp³-hybridized carbons (Fsp3) is 0.0833. The summed E-state index contributed by atoms with van der Waals surface area (Å²) in [6.07, 6.45) is -3.54. The number of nitrogens with zero attached hydrogens (tertiary/aromatic N) is 2. The number of imidazole rings is 1. The zero-order valence-corrected chi connectivity index (χ0v) is 17.5. The minimum atomic E-state index is -4.92. The molecule has 4 aromatic rings. The van der Waals surface area contributed by atoms with Crippen LogP contribution < -0.4 is 4.74 Å². The van der Waals surface area contributed by atoms with E-state index in [4.69, 9.17) is 4.74 Å². The Kier molecular flexibility index (Phi) is 5.66. The minimum Gasteiger partial charge on any atom is -0.507 e. The van der Waals surface area contributed by atoms with Crippen molar-refractivity contribution < 1.29 is 38.0 Å². The van der Waals surface area contributed by atoms with E-state index >= 15 is 0 Å². The maximum absolute atomic E-state index is 13.6. The summed E-state index contributed by atoms with van der Waals surface area (Å²) in [7, 11) is 1.44. The molecule has 0 saturated heterocycles. The molecule has 0 unspecified atom stereocenters. The molecule has 0 bridgehead atoms. The van der Waals surface area contributed by atoms with Crippen LogP contribution in [0, 0.1) is 0 Å². The average molecular weight is 470 g/mol. The van der Waals surface area contributed by atoms with Crippen molar-refractivity contribution in [3.8, 4) is 45.6 Å². The van der Waals surface area contributed by atoms with Gasteiger partial charge >= 0.3 is 12.1 Å². The van der Waals surface area contributed by atoms with Crippen LogP contribution in [0.1, 0.15) is 15.9 Å². The Hall–Kier alpha value is -4.47. The molecule has 3 aromatic carbocycles. The van der Waals surface area contributed by atoms with E-state index in [1.807, 2.05) is 0 Å². The number of halogens is 3. The van der Waals surface area contributed by atoms with Crippen LogP contribution >= 0.6 is 0 Å². The Labute approximate surface area is 190 Å². The van der Waals surface area contributed by atoms with Crippen molar-refractivity contribution in [3.63, 3.8) is 0 Å². The van der Waals surface area contributed by atoms with Crippen LogP contribution in [0.5, 0.6) is 17.2 Å². The van der Waals surface area contributed by atoms with Crippen molar-refractivity contribution >= 4 is 5.97 Å². The number of methoxy groups -OCH3 is 1. The monoisotopic (exact) mass is 470 g/mol. The van der Waals surface area contributed by atoms with E-state index < -0.39 is 23.3 Å². The van der Waals surface area contributed by atoms with Gasteiger partial charge in [-0.25, -0.2) is 9.78 Å². The van der Waals surface area contributed by atoms with Gasteiger partial charge in [-0.2, -0.15) is 13.2 Å². The summed E-state index contributed by atoms with van der Waals surface area (Å²) in [4.78, 5) is 15.8. The van der Waals surface area contributed by atoms with Gasteiger partial charge < -0.3 is 20.1 Å². The smallest absolute Gasteiger partial charge is 0.417 e. The van der Waals surface area contributed by atoms with Gasteiger partial charge in [0.2, 0.25) is 0 Å². The van der Waals surface area contributed by atoms with E-state index in [0.717, 1.165) is 6.07 Å². The van der Waals surface area contributed by atoms with Gasteiger partial charge in [0, 0.05) is 17.4 Å². The number of carboxylic acid groups (broad SMARTS) is 1. The topological polar surface area (TPSA) is 105 Å². The molecular weight excluding hydrogens is 453 g/mol. The van der Waals surface area contributed by atoms with E-state index in [2.05, 4.69) is 4.98 Å². The molecule has 0 amide bonds. The predicted molar refractivity (Wildman–Crippen MR) is 116 cm³/mol. The van der Waals surface area contributed by atoms with Gasteiger partial charge in [0.15, 0.2) is 0 Å². The molecule has 0 spiro atoms. The van der Waals surface area contributed by atoms with Crippen LogP contribution in [-0.4, -0.2) is 37.9 Å². The lowest BCUT2D eigenvalue weighted by Crippen LogP contribution is -2.14. The molecule has 0 aliphatic carbocycles. The number of phenolic OH excluding ortho intramolecular Hbond substituents is 2. The number of phenols is 2. The zero-order valence-electron chi connectivity index (χ0n) is 17.5. The van der Waals surface area contributed by atoms with Crippen molar-refractivity contribution in [1.82, 2.24) is 9.55 Å². The Bertz CT molecular complexity index is 1400. The van der Waals surface area contributed by atoms with Crippen LogP contribution in [0.3, 0.4) is 0 Å². The number of aromatic hydroxyl groups is 2. The molecule has 0 fully saturated rings. The predicted octanol–water partition coefficient (Wildman–Crippen LogP) is 5.34. The maximum Gasteiger partial charge on any atom is 0.417 e. The normalized spacial score (nSPS) is 11.4. The first-order chi connectivity index (χ1) is 16.1. The molecule has 34 heavy (non-hydrogen) atoms. The lowest BCUT2D eigenvalue weighted by Gasteiger charge is -2.14. The average Bonchev–Trinajstić information content (AvgIpc) is 3.23. The second-order valence-electron chi connectivity index (χ2n) is 7.25. The molecule has 1 heterocycles. The van der Waals surface area contributed by atoms with Gasteiger partial charge in [-0.1, -0.05) is 12.1 Å². The standard InChI is InChI=1S/C24H17F3N2O5/c1-34-14-7-9-21(31)17(11-14)19-12-29(22(28-19)16-4-2-3-5-20(16)30)13-6-8-15(23(32)33)18(10-13)24(25,26)27/h2-12,30-31H,1H3,(H,32,33). The molecule has 0 aliphatic rings. The highest BCUT2D eigenvalue weighted by Crippen LogP contribution is 2.38. The lowest BCUT2D eigenvalue weighted by molar-refractivity contribution is -0.138. The number of aromatic carboxylic acids is 1. The molecule has 0 saturated carbocycles. The fourth-order valence-corrected chi connectivity index (χ4v) is 3.51. The van der Waals surface area contributed by atoms with Crippen LogP contribution in [0.25, 0.3) is 28.3 Å². The SMILES string of the molecule is COc1ccc(O)c(-c2cn(-c3ccc(C(=O)O)c(C(F)(F)F)c3)c(-c3ccccc3O)n2)c1. The highest BCUT2D eigenvalue weighted by atomic mass is 19.4. The second kappa shape index (κ2) is 8.47. The number of rotatable bonds is 5. The third-order valence-corrected chi connectivity index (χ3v) is 5.15. The molecule has 174 valence electrons. The summed E-state index contributed by atoms with van der Waals surface area (Å²) in [5, 5.41) is 29.9. The van der Waals surface area contributed by atoms with Gasteiger partial charge in [0.05, 0.1) is 29.5 Å². The number of aromatic nitrogens is 2. The minimum absolute atomic E-state index is 0.0447. The summed E-state index contributed by atoms with van der Waals surface area (Å²) < 4.78 is 47.3. The van der Waals surface area contributed by atoms with E-state index in [-0.39, 0.29) is 39.8 Å². The molecule has 3 N–H and O–H groups in total. The maximum atomic E-state index is 13.6. The number of carbonyl (C=O) groups is 1. The van der Waals surface area contributed by atoms with E-state index in [1.165, 1.54) is 54.3 Å². The Morgan fingerprint density at radius 3 is 2.32 bits per heavy atom. The molecule has 0 aliphatic heterocycles. The van der Waals surface area contributed by atoms with Crippen molar-refractivity contribution in [2.24, 2.45) is 0 Å². The Morgan fingerprint density at radius 2 is 1.68 bits per heavy atom. The summed E-state index contributed by atoms with van der Waals surface area (Å²) >= 11 is 0. The van der Waals surface area contributed by atoms with Gasteiger partial charge in [-0.15, -0.1) is 0 Å². The highest BCUT2D eigenvalue weighted by Gasteiger charge is 2.36. The van der Waals surface area contributed by atoms with Crippen molar-refractivity contribution in [1.29, 1.82) is 0 Å². The lowest BCUT2D eigenvalue weighted by atomic mass is 10.1. The Morgan fingerprint density at radius 1 is 0.971 bits per heavy atom. The van der Waals surface area contributed by atoms with Crippen molar-refractivity contribution in [2.45, 2.75) is 6.18 Å². The molecule has 0 radical (unpaired) electrons. The molecule has 0 atom stereocenters. The number of para-hydroxylation sites is 1. The first kappa shape index (κ1) is 22.7. The summed E-state index contributed by atoms with van der Waals surface area (Å²) in [5.41, 5.74) is -1.63. The summed E-state index contributed by atoms with van der Waals surface area (Å²) in [6, 6.07) is 13.3. The molecule has 10 heteroatoms. The van der Waals surface area contributed by atoms with E-state index in [9.17, 15) is 33.3 Å². The van der Waals surface area contributed by atoms with Gasteiger partial charge in [0.1, 0.15) is 23.1 Å². The molecule has 7 nitrogen and oxygen atoms in total. The number of carboxylic acids is 1. The highest BCUT2D eigenvalue weighted by molar-refractivity contribution is 5.90. The van der Waals surface area contributed by atoms with Gasteiger partial charge in [-0.05, 0) is 48.5 Å². The quantitative estimate of drug-likeness (QED) is 0.364. The third-order valence-electron chi connectivity index (χ3n) is 5.15. The number of hydrogen-bond donors (Lipinski definition) is 3. The van der Waals surface area contributed by atoms with Gasteiger partial charge in [0.25, 0.3) is 0 Å². The van der Waals surface area contributed by atoms with Crippen LogP contribution in [0.15, 0.2) is 66.9 Å². The van der Waals surface area contributed by atoms with E-state index in [0.29, 0.717) is 11.8 Å². The van der Waals surface area contributed by atoms with Crippen LogP contribution in [-0.2, 0) is 6.18 Å². The zero-order chi connectivity index (χ0) is 24.6.